The third-order valence-electron chi connectivity index (χ3n) is 3.67. The zero-order valence-corrected chi connectivity index (χ0v) is 15.9. The van der Waals surface area contributed by atoms with Crippen molar-refractivity contribution in [2.75, 3.05) is 13.1 Å². The normalized spacial score (nSPS) is 19.3. The Morgan fingerprint density at radius 2 is 1.58 bits per heavy atom. The molecule has 138 valence electrons. The lowest BCUT2D eigenvalue weighted by Gasteiger charge is -2.36. The summed E-state index contributed by atoms with van der Waals surface area (Å²) in [6.07, 6.45) is 2.37. The number of nitrogens with one attached hydrogen (secondary N) is 1. The Hall–Kier alpha value is -1.43. The van der Waals surface area contributed by atoms with Crippen molar-refractivity contribution in [3.05, 3.63) is 0 Å². The molecule has 0 aliphatic carbocycles. The van der Waals surface area contributed by atoms with Crippen LogP contribution in [0.15, 0.2) is 0 Å². The molecule has 24 heavy (non-hydrogen) atoms. The van der Waals surface area contributed by atoms with Crippen molar-refractivity contribution in [1.29, 1.82) is 0 Å². The van der Waals surface area contributed by atoms with Gasteiger partial charge in [-0.25, -0.2) is 0 Å². The molecular formula is C18H32N2O4. The molecule has 0 atom stereocenters. The van der Waals surface area contributed by atoms with Gasteiger partial charge < -0.3 is 10.1 Å². The first-order chi connectivity index (χ1) is 10.9. The van der Waals surface area contributed by atoms with E-state index in [1.165, 1.54) is 4.90 Å². The highest BCUT2D eigenvalue weighted by atomic mass is 16.5. The summed E-state index contributed by atoms with van der Waals surface area (Å²) in [7, 11) is 0. The summed E-state index contributed by atoms with van der Waals surface area (Å²) in [5, 5.41) is 3.05. The van der Waals surface area contributed by atoms with E-state index in [1.807, 2.05) is 41.5 Å². The predicted octanol–water partition coefficient (Wildman–Crippen LogP) is 2.26. The molecule has 6 nitrogen and oxygen atoms in total. The number of ether oxygens (including phenoxy) is 1. The smallest absolute Gasteiger partial charge is 0.306 e. The van der Waals surface area contributed by atoms with Gasteiger partial charge in [-0.05, 0) is 32.6 Å². The molecular weight excluding hydrogens is 308 g/mol. The molecule has 0 saturated carbocycles. The summed E-state index contributed by atoms with van der Waals surface area (Å²) in [4.78, 5) is 35.3. The van der Waals surface area contributed by atoms with E-state index in [-0.39, 0.29) is 34.8 Å². The van der Waals surface area contributed by atoms with Gasteiger partial charge in [-0.15, -0.1) is 0 Å². The Morgan fingerprint density at radius 1 is 1.08 bits per heavy atom. The first-order valence-corrected chi connectivity index (χ1v) is 8.66. The van der Waals surface area contributed by atoms with Gasteiger partial charge in [0.05, 0.1) is 6.42 Å². The third-order valence-corrected chi connectivity index (χ3v) is 3.67. The van der Waals surface area contributed by atoms with Gasteiger partial charge in [0.1, 0.15) is 6.10 Å². The van der Waals surface area contributed by atoms with Crippen molar-refractivity contribution in [2.24, 2.45) is 5.41 Å². The minimum atomic E-state index is -0.353. The Kier molecular flexibility index (Phi) is 6.96. The number of imide groups is 1. The SMILES string of the molecule is CC(C)(C)CC(=O)OC1CNC1.CC(C)(C)N1C(=O)CCCC1=O. The van der Waals surface area contributed by atoms with E-state index >= 15 is 0 Å². The van der Waals surface area contributed by atoms with Crippen LogP contribution < -0.4 is 5.32 Å². The highest BCUT2D eigenvalue weighted by Crippen LogP contribution is 2.22. The molecule has 2 fully saturated rings. The minimum absolute atomic E-state index is 0.0289. The number of hydrogen-bond acceptors (Lipinski definition) is 5. The van der Waals surface area contributed by atoms with Gasteiger partial charge in [0.15, 0.2) is 0 Å². The number of carbonyl (C=O) groups excluding carboxylic acids is 3. The molecule has 0 bridgehead atoms. The molecule has 0 spiro atoms. The van der Waals surface area contributed by atoms with Crippen LogP contribution in [0.3, 0.4) is 0 Å². The van der Waals surface area contributed by atoms with Gasteiger partial charge in [-0.2, -0.15) is 0 Å². The van der Waals surface area contributed by atoms with Crippen LogP contribution in [0, 0.1) is 5.41 Å². The maximum atomic E-state index is 11.4. The van der Waals surface area contributed by atoms with Crippen LogP contribution in [0.2, 0.25) is 0 Å². The molecule has 2 aliphatic heterocycles. The van der Waals surface area contributed by atoms with Crippen molar-refractivity contribution < 1.29 is 19.1 Å². The van der Waals surface area contributed by atoms with Crippen LogP contribution in [-0.2, 0) is 19.1 Å². The Morgan fingerprint density at radius 3 is 1.88 bits per heavy atom. The summed E-state index contributed by atoms with van der Waals surface area (Å²) in [6, 6.07) is 0. The zero-order valence-electron chi connectivity index (χ0n) is 15.9. The fraction of sp³-hybridized carbons (Fsp3) is 0.833. The monoisotopic (exact) mass is 340 g/mol. The lowest BCUT2D eigenvalue weighted by molar-refractivity contribution is -0.154. The van der Waals surface area contributed by atoms with Crippen molar-refractivity contribution in [1.82, 2.24) is 10.2 Å². The molecule has 2 saturated heterocycles. The first-order valence-electron chi connectivity index (χ1n) is 8.66. The van der Waals surface area contributed by atoms with Crippen LogP contribution in [0.1, 0.15) is 67.2 Å². The first kappa shape index (κ1) is 20.6. The standard InChI is InChI=1S/C9H17NO2.C9H15NO2/c1-9(2,3)4-8(11)12-7-5-10-6-7;1-9(2,3)10-7(11)5-4-6-8(10)12/h7,10H,4-6H2,1-3H3;4-6H2,1-3H3. The molecule has 2 aliphatic rings. The largest absolute Gasteiger partial charge is 0.460 e. The van der Waals surface area contributed by atoms with E-state index in [2.05, 4.69) is 5.32 Å². The second-order valence-electron chi connectivity index (χ2n) is 8.65. The van der Waals surface area contributed by atoms with Gasteiger partial charge in [0, 0.05) is 31.5 Å². The molecule has 0 aromatic rings. The third kappa shape index (κ3) is 6.99. The lowest BCUT2D eigenvalue weighted by Crippen LogP contribution is -2.51. The average molecular weight is 340 g/mol. The van der Waals surface area contributed by atoms with Gasteiger partial charge >= 0.3 is 5.97 Å². The summed E-state index contributed by atoms with van der Waals surface area (Å²) in [6.45, 7) is 13.4. The molecule has 6 heteroatoms. The fourth-order valence-electron chi connectivity index (χ4n) is 2.51. The molecule has 0 aromatic carbocycles. The highest BCUT2D eigenvalue weighted by Gasteiger charge is 2.34. The minimum Gasteiger partial charge on any atom is -0.460 e. The molecule has 2 rings (SSSR count). The fourth-order valence-corrected chi connectivity index (χ4v) is 2.51. The Labute approximate surface area is 145 Å². The van der Waals surface area contributed by atoms with Crippen molar-refractivity contribution in [3.63, 3.8) is 0 Å². The van der Waals surface area contributed by atoms with E-state index in [0.29, 0.717) is 25.7 Å². The lowest BCUT2D eigenvalue weighted by atomic mass is 9.92. The van der Waals surface area contributed by atoms with E-state index in [4.69, 9.17) is 4.74 Å². The molecule has 0 aromatic heterocycles. The Balaban J connectivity index is 0.000000240. The van der Waals surface area contributed by atoms with E-state index in [9.17, 15) is 14.4 Å². The number of likely N-dealkylation sites (tertiary alicyclic amines) is 1. The molecule has 1 N–H and O–H groups in total. The van der Waals surface area contributed by atoms with E-state index < -0.39 is 0 Å². The van der Waals surface area contributed by atoms with Crippen molar-refractivity contribution in [2.45, 2.75) is 78.9 Å². The van der Waals surface area contributed by atoms with Crippen LogP contribution >= 0.6 is 0 Å². The summed E-state index contributed by atoms with van der Waals surface area (Å²) >= 11 is 0. The molecule has 2 heterocycles. The van der Waals surface area contributed by atoms with Gasteiger partial charge in [-0.3, -0.25) is 19.3 Å². The summed E-state index contributed by atoms with van der Waals surface area (Å²) in [5.74, 6) is -0.133. The summed E-state index contributed by atoms with van der Waals surface area (Å²) < 4.78 is 5.16. The number of piperidine rings is 1. The quantitative estimate of drug-likeness (QED) is 0.616. The second-order valence-corrected chi connectivity index (χ2v) is 8.65. The molecule has 0 radical (unpaired) electrons. The van der Waals surface area contributed by atoms with Crippen LogP contribution in [0.25, 0.3) is 0 Å². The van der Waals surface area contributed by atoms with Crippen LogP contribution in [0.4, 0.5) is 0 Å². The molecule has 0 unspecified atom stereocenters. The number of carbonyl (C=O) groups is 3. The number of hydrogen-bond donors (Lipinski definition) is 1. The zero-order chi connectivity index (χ0) is 18.5. The van der Waals surface area contributed by atoms with Gasteiger partial charge in [0.2, 0.25) is 11.8 Å². The Bertz CT molecular complexity index is 454. The number of esters is 1. The van der Waals surface area contributed by atoms with E-state index in [0.717, 1.165) is 13.1 Å². The average Bonchev–Trinajstić information content (AvgIpc) is 2.30. The van der Waals surface area contributed by atoms with Crippen LogP contribution in [0.5, 0.6) is 0 Å². The number of nitrogens with zero attached hydrogens (tertiary/aromatic N) is 1. The van der Waals surface area contributed by atoms with Gasteiger partial charge in [0.25, 0.3) is 0 Å². The van der Waals surface area contributed by atoms with Gasteiger partial charge in [-0.1, -0.05) is 20.8 Å². The van der Waals surface area contributed by atoms with E-state index in [1.54, 1.807) is 0 Å². The topological polar surface area (TPSA) is 75.7 Å². The predicted molar refractivity (Wildman–Crippen MR) is 92.3 cm³/mol. The maximum absolute atomic E-state index is 11.4. The maximum Gasteiger partial charge on any atom is 0.306 e. The van der Waals surface area contributed by atoms with Crippen LogP contribution in [-0.4, -0.2) is 47.4 Å². The summed E-state index contributed by atoms with van der Waals surface area (Å²) in [5.41, 5.74) is -0.317. The number of amides is 2. The second kappa shape index (κ2) is 8.10. The van der Waals surface area contributed by atoms with Crippen molar-refractivity contribution in [3.8, 4) is 0 Å². The highest BCUT2D eigenvalue weighted by molar-refractivity contribution is 5.98. The number of rotatable bonds is 2. The van der Waals surface area contributed by atoms with Crippen molar-refractivity contribution >= 4 is 17.8 Å². The molecule has 2 amide bonds.